The highest BCUT2D eigenvalue weighted by Crippen LogP contribution is 2.39. The minimum Gasteiger partial charge on any atom is -0.465 e. The molecule has 7 nitrogen and oxygen atoms in total. The molecular weight excluding hydrogens is 488 g/mol. The van der Waals surface area contributed by atoms with Gasteiger partial charge in [0, 0.05) is 27.7 Å². The zero-order chi connectivity index (χ0) is 23.8. The van der Waals surface area contributed by atoms with Gasteiger partial charge in [-0.05, 0) is 62.0 Å². The first-order chi connectivity index (χ1) is 16.5. The summed E-state index contributed by atoms with van der Waals surface area (Å²) in [6.45, 7) is 2.31. The van der Waals surface area contributed by atoms with Crippen LogP contribution in [0.3, 0.4) is 0 Å². The Morgan fingerprint density at radius 2 is 2.03 bits per heavy atom. The molecule has 0 radical (unpaired) electrons. The van der Waals surface area contributed by atoms with Crippen molar-refractivity contribution in [1.82, 2.24) is 14.8 Å². The third-order valence-electron chi connectivity index (χ3n) is 6.62. The van der Waals surface area contributed by atoms with Crippen LogP contribution in [0.4, 0.5) is 5.00 Å². The van der Waals surface area contributed by atoms with Crippen LogP contribution in [0.5, 0.6) is 0 Å². The lowest BCUT2D eigenvalue weighted by atomic mass is 9.88. The van der Waals surface area contributed by atoms with E-state index < -0.39 is 0 Å². The minimum atomic E-state index is -0.381. The van der Waals surface area contributed by atoms with Crippen molar-refractivity contribution in [3.63, 3.8) is 0 Å². The second-order valence-electron chi connectivity index (χ2n) is 9.01. The first-order valence-corrected chi connectivity index (χ1v) is 14.3. The molecule has 0 saturated heterocycles. The molecule has 2 aliphatic rings. The molecule has 10 heteroatoms. The molecule has 0 saturated carbocycles. The number of hydrogen-bond acceptors (Lipinski definition) is 8. The van der Waals surface area contributed by atoms with Gasteiger partial charge in [-0.25, -0.2) is 4.79 Å². The Morgan fingerprint density at radius 1 is 1.21 bits per heavy atom. The Hall–Kier alpha value is -2.17. The van der Waals surface area contributed by atoms with Crippen LogP contribution in [0.25, 0.3) is 11.4 Å². The summed E-state index contributed by atoms with van der Waals surface area (Å²) < 4.78 is 6.98. The van der Waals surface area contributed by atoms with Gasteiger partial charge in [-0.2, -0.15) is 0 Å². The number of nitrogens with zero attached hydrogens (tertiary/aromatic N) is 3. The lowest BCUT2D eigenvalue weighted by molar-refractivity contribution is -0.113. The molecule has 34 heavy (non-hydrogen) atoms. The van der Waals surface area contributed by atoms with E-state index in [-0.39, 0.29) is 17.6 Å². The highest BCUT2D eigenvalue weighted by atomic mass is 32.2. The average Bonchev–Trinajstić information content (AvgIpc) is 3.51. The maximum Gasteiger partial charge on any atom is 0.341 e. The first-order valence-electron chi connectivity index (χ1n) is 11.6. The Morgan fingerprint density at radius 3 is 2.85 bits per heavy atom. The largest absolute Gasteiger partial charge is 0.465 e. The van der Waals surface area contributed by atoms with Gasteiger partial charge < -0.3 is 14.6 Å². The highest BCUT2D eigenvalue weighted by Gasteiger charge is 2.27. The van der Waals surface area contributed by atoms with Crippen molar-refractivity contribution < 1.29 is 14.3 Å². The van der Waals surface area contributed by atoms with Gasteiger partial charge in [-0.3, -0.25) is 4.79 Å². The van der Waals surface area contributed by atoms with Crippen LogP contribution < -0.4 is 5.32 Å². The summed E-state index contributed by atoms with van der Waals surface area (Å²) in [6, 6.07) is 0. The standard InChI is InChI=1S/C24H28N4O3S3/c1-13-8-9-14-16(11-32-18(14)10-13)21-26-27-24(28(21)2)33-12-19(29)25-22-20(23(30)31-3)15-6-4-5-7-17(15)34-22/h11,13H,4-10,12H2,1-3H3,(H,25,29). The maximum absolute atomic E-state index is 12.8. The van der Waals surface area contributed by atoms with E-state index in [2.05, 4.69) is 27.8 Å². The summed E-state index contributed by atoms with van der Waals surface area (Å²) in [5, 5.41) is 15.3. The fourth-order valence-corrected chi connectivity index (χ4v) is 8.05. The number of aryl methyl sites for hydroxylation is 1. The average molecular weight is 517 g/mol. The van der Waals surface area contributed by atoms with Crippen molar-refractivity contribution in [3.05, 3.63) is 31.8 Å². The van der Waals surface area contributed by atoms with E-state index in [9.17, 15) is 9.59 Å². The predicted molar refractivity (Wildman–Crippen MR) is 137 cm³/mol. The van der Waals surface area contributed by atoms with E-state index in [0.717, 1.165) is 55.8 Å². The molecule has 0 aromatic carbocycles. The summed E-state index contributed by atoms with van der Waals surface area (Å²) in [5.41, 5.74) is 4.14. The fraction of sp³-hybridized carbons (Fsp3) is 0.500. The number of nitrogens with one attached hydrogen (secondary N) is 1. The molecule has 0 bridgehead atoms. The van der Waals surface area contributed by atoms with Crippen LogP contribution in [0.15, 0.2) is 10.5 Å². The van der Waals surface area contributed by atoms with Gasteiger partial charge in [0.05, 0.1) is 18.4 Å². The second-order valence-corrected chi connectivity index (χ2v) is 12.0. The molecule has 0 fully saturated rings. The normalized spacial score (nSPS) is 17.2. The van der Waals surface area contributed by atoms with Gasteiger partial charge in [0.25, 0.3) is 0 Å². The van der Waals surface area contributed by atoms with Gasteiger partial charge in [0.1, 0.15) is 5.00 Å². The van der Waals surface area contributed by atoms with E-state index >= 15 is 0 Å². The quantitative estimate of drug-likeness (QED) is 0.361. The van der Waals surface area contributed by atoms with Crippen molar-refractivity contribution in [2.75, 3.05) is 18.2 Å². The molecule has 0 spiro atoms. The minimum absolute atomic E-state index is 0.166. The van der Waals surface area contributed by atoms with Crippen molar-refractivity contribution in [2.24, 2.45) is 13.0 Å². The molecule has 180 valence electrons. The number of fused-ring (bicyclic) bond motifs is 2. The van der Waals surface area contributed by atoms with Crippen molar-refractivity contribution in [2.45, 2.75) is 57.0 Å². The van der Waals surface area contributed by atoms with Gasteiger partial charge in [-0.1, -0.05) is 18.7 Å². The number of carbonyl (C=O) groups is 2. The smallest absolute Gasteiger partial charge is 0.341 e. The maximum atomic E-state index is 12.8. The number of esters is 1. The molecular formula is C24H28N4O3S3. The number of thiophene rings is 2. The van der Waals surface area contributed by atoms with Crippen LogP contribution >= 0.6 is 34.4 Å². The highest BCUT2D eigenvalue weighted by molar-refractivity contribution is 7.99. The van der Waals surface area contributed by atoms with Crippen molar-refractivity contribution in [3.8, 4) is 11.4 Å². The number of carbonyl (C=O) groups excluding carboxylic acids is 2. The molecule has 1 amide bonds. The third-order valence-corrected chi connectivity index (χ3v) is 9.90. The van der Waals surface area contributed by atoms with Gasteiger partial charge >= 0.3 is 5.97 Å². The number of thioether (sulfide) groups is 1. The Balaban J connectivity index is 1.28. The monoisotopic (exact) mass is 516 g/mol. The number of amides is 1. The SMILES string of the molecule is COC(=O)c1c(NC(=O)CSc2nnc(-c3csc4c3CCC(C)C4)n2C)sc2c1CCCC2. The Kier molecular flexibility index (Phi) is 6.81. The molecule has 2 aliphatic carbocycles. The summed E-state index contributed by atoms with van der Waals surface area (Å²) in [5.74, 6) is 1.23. The zero-order valence-electron chi connectivity index (χ0n) is 19.6. The number of methoxy groups -OCH3 is 1. The van der Waals surface area contributed by atoms with Crippen LogP contribution in [0.1, 0.15) is 57.4 Å². The van der Waals surface area contributed by atoms with Gasteiger partial charge in [-0.15, -0.1) is 32.9 Å². The van der Waals surface area contributed by atoms with Crippen molar-refractivity contribution >= 4 is 51.3 Å². The van der Waals surface area contributed by atoms with E-state index in [4.69, 9.17) is 4.74 Å². The number of anilines is 1. The van der Waals surface area contributed by atoms with Gasteiger partial charge in [0.2, 0.25) is 5.91 Å². The fourth-order valence-electron chi connectivity index (χ4n) is 4.80. The summed E-state index contributed by atoms with van der Waals surface area (Å²) in [7, 11) is 3.33. The molecule has 5 rings (SSSR count). The van der Waals surface area contributed by atoms with E-state index in [0.29, 0.717) is 15.7 Å². The molecule has 3 aromatic rings. The van der Waals surface area contributed by atoms with Crippen LogP contribution in [0.2, 0.25) is 0 Å². The predicted octanol–water partition coefficient (Wildman–Crippen LogP) is 5.13. The molecule has 3 heterocycles. The molecule has 0 aliphatic heterocycles. The van der Waals surface area contributed by atoms with Crippen LogP contribution in [0, 0.1) is 5.92 Å². The third kappa shape index (κ3) is 4.43. The van der Waals surface area contributed by atoms with Crippen molar-refractivity contribution in [1.29, 1.82) is 0 Å². The first kappa shape index (κ1) is 23.6. The summed E-state index contributed by atoms with van der Waals surface area (Å²) in [6.07, 6.45) is 7.39. The van der Waals surface area contributed by atoms with Crippen LogP contribution in [-0.4, -0.2) is 39.5 Å². The number of aromatic nitrogens is 3. The summed E-state index contributed by atoms with van der Waals surface area (Å²) in [4.78, 5) is 27.9. The molecule has 3 aromatic heterocycles. The lowest BCUT2D eigenvalue weighted by Crippen LogP contribution is -2.17. The Bertz CT molecular complexity index is 1240. The topological polar surface area (TPSA) is 86.1 Å². The molecule has 1 unspecified atom stereocenters. The zero-order valence-corrected chi connectivity index (χ0v) is 22.1. The molecule has 1 atom stereocenters. The Labute approximate surface area is 211 Å². The van der Waals surface area contributed by atoms with Gasteiger partial charge in [0.15, 0.2) is 11.0 Å². The second kappa shape index (κ2) is 9.83. The summed E-state index contributed by atoms with van der Waals surface area (Å²) >= 11 is 4.67. The van der Waals surface area contributed by atoms with Crippen LogP contribution in [-0.2, 0) is 42.3 Å². The number of rotatable bonds is 6. The van der Waals surface area contributed by atoms with E-state index in [1.807, 2.05) is 23.0 Å². The van der Waals surface area contributed by atoms with E-state index in [1.165, 1.54) is 57.5 Å². The molecule has 1 N–H and O–H groups in total. The number of ether oxygens (including phenoxy) is 1. The number of hydrogen-bond donors (Lipinski definition) is 1. The van der Waals surface area contributed by atoms with E-state index in [1.54, 1.807) is 0 Å². The lowest BCUT2D eigenvalue weighted by Gasteiger charge is -2.18.